The van der Waals surface area contributed by atoms with Crippen LogP contribution in [0.25, 0.3) is 0 Å². The van der Waals surface area contributed by atoms with E-state index in [1.165, 1.54) is 199 Å². The lowest BCUT2D eigenvalue weighted by atomic mass is 9.99. The highest BCUT2D eigenvalue weighted by Gasteiger charge is 2.30. The number of carbonyl (C=O) groups is 4. The molecule has 0 saturated heterocycles. The van der Waals surface area contributed by atoms with E-state index in [4.69, 9.17) is 37.0 Å². The lowest BCUT2D eigenvalue weighted by Crippen LogP contribution is -2.30. The molecule has 94 heavy (non-hydrogen) atoms. The first kappa shape index (κ1) is 92.1. The molecule has 0 aromatic carbocycles. The molecular weight excluding hydrogens is 1230 g/mol. The number of hydrogen-bond acceptors (Lipinski definition) is 15. The molecule has 3 N–H and O–H groups in total. The van der Waals surface area contributed by atoms with Gasteiger partial charge in [0.15, 0.2) is 12.2 Å². The number of phosphoric acid groups is 2. The number of aliphatic hydroxyl groups is 1. The molecule has 3 unspecified atom stereocenters. The Morgan fingerprint density at radius 1 is 0.309 bits per heavy atom. The molecule has 0 aliphatic rings. The Morgan fingerprint density at radius 2 is 0.543 bits per heavy atom. The second-order valence-corrected chi connectivity index (χ2v) is 30.7. The Balaban J connectivity index is 5.13. The molecule has 0 spiro atoms. The minimum absolute atomic E-state index is 0.104. The van der Waals surface area contributed by atoms with Crippen LogP contribution in [0, 0.1) is 11.8 Å². The summed E-state index contributed by atoms with van der Waals surface area (Å²) in [6, 6.07) is 0. The predicted molar refractivity (Wildman–Crippen MR) is 381 cm³/mol. The van der Waals surface area contributed by atoms with Crippen molar-refractivity contribution in [1.29, 1.82) is 0 Å². The molecule has 0 heterocycles. The van der Waals surface area contributed by atoms with Gasteiger partial charge in [0.2, 0.25) is 0 Å². The number of rotatable bonds is 74. The fraction of sp³-hybridized carbons (Fsp3) is 0.947. The third-order valence-electron chi connectivity index (χ3n) is 17.8. The van der Waals surface area contributed by atoms with Gasteiger partial charge in [-0.2, -0.15) is 0 Å². The second-order valence-electron chi connectivity index (χ2n) is 27.8. The van der Waals surface area contributed by atoms with Crippen LogP contribution in [-0.2, 0) is 65.4 Å². The molecular formula is C75H146O17P2. The largest absolute Gasteiger partial charge is 0.472 e. The van der Waals surface area contributed by atoms with Crippen LogP contribution in [0.3, 0.4) is 0 Å². The minimum Gasteiger partial charge on any atom is -0.462 e. The predicted octanol–water partition coefficient (Wildman–Crippen LogP) is 21.9. The Kier molecular flexibility index (Phi) is 65.5. The van der Waals surface area contributed by atoms with Gasteiger partial charge in [-0.1, -0.05) is 337 Å². The summed E-state index contributed by atoms with van der Waals surface area (Å²) in [5.41, 5.74) is 0. The summed E-state index contributed by atoms with van der Waals surface area (Å²) < 4.78 is 68.2. The Hall–Kier alpha value is -1.94. The molecule has 0 bridgehead atoms. The molecule has 0 aromatic heterocycles. The van der Waals surface area contributed by atoms with Crippen molar-refractivity contribution >= 4 is 39.5 Å². The van der Waals surface area contributed by atoms with Gasteiger partial charge in [0, 0.05) is 25.7 Å². The maximum absolute atomic E-state index is 13.1. The molecule has 0 fully saturated rings. The quantitative estimate of drug-likeness (QED) is 0.0222. The Labute approximate surface area is 575 Å². The average molecular weight is 1380 g/mol. The smallest absolute Gasteiger partial charge is 0.462 e. The molecule has 0 aliphatic heterocycles. The lowest BCUT2D eigenvalue weighted by Gasteiger charge is -2.21. The van der Waals surface area contributed by atoms with Crippen LogP contribution in [0.5, 0.6) is 0 Å². The molecule has 0 saturated carbocycles. The van der Waals surface area contributed by atoms with Crippen molar-refractivity contribution in [2.45, 2.75) is 407 Å². The second kappa shape index (κ2) is 66.9. The van der Waals surface area contributed by atoms with Gasteiger partial charge in [0.25, 0.3) is 0 Å². The Bertz CT molecular complexity index is 1820. The molecule has 0 radical (unpaired) electrons. The van der Waals surface area contributed by atoms with Crippen molar-refractivity contribution in [2.24, 2.45) is 11.8 Å². The zero-order valence-electron chi connectivity index (χ0n) is 61.3. The van der Waals surface area contributed by atoms with E-state index >= 15 is 0 Å². The van der Waals surface area contributed by atoms with Crippen molar-refractivity contribution < 1.29 is 80.2 Å². The number of aliphatic hydroxyl groups excluding tert-OH is 1. The number of unbranched alkanes of at least 4 members (excludes halogenated alkanes) is 43. The van der Waals surface area contributed by atoms with Gasteiger partial charge in [0.05, 0.1) is 26.4 Å². The fourth-order valence-electron chi connectivity index (χ4n) is 11.4. The topological polar surface area (TPSA) is 237 Å². The fourth-order valence-corrected chi connectivity index (χ4v) is 13.0. The normalized spacial score (nSPS) is 14.3. The summed E-state index contributed by atoms with van der Waals surface area (Å²) in [5.74, 6) is -0.570. The Morgan fingerprint density at radius 3 is 0.809 bits per heavy atom. The van der Waals surface area contributed by atoms with Crippen molar-refractivity contribution in [2.75, 3.05) is 39.6 Å². The number of phosphoric ester groups is 2. The zero-order chi connectivity index (χ0) is 69.3. The summed E-state index contributed by atoms with van der Waals surface area (Å²) in [6.07, 6.45) is 54.6. The first-order chi connectivity index (χ1) is 45.4. The van der Waals surface area contributed by atoms with E-state index in [0.717, 1.165) is 108 Å². The third-order valence-corrected chi connectivity index (χ3v) is 19.7. The first-order valence-corrected chi connectivity index (χ1v) is 42.0. The molecule has 0 amide bonds. The van der Waals surface area contributed by atoms with Gasteiger partial charge in [-0.15, -0.1) is 0 Å². The molecule has 558 valence electrons. The van der Waals surface area contributed by atoms with Crippen LogP contribution in [0.15, 0.2) is 0 Å². The van der Waals surface area contributed by atoms with Crippen molar-refractivity contribution in [3.05, 3.63) is 0 Å². The van der Waals surface area contributed by atoms with Crippen molar-refractivity contribution in [3.63, 3.8) is 0 Å². The summed E-state index contributed by atoms with van der Waals surface area (Å²) in [6.45, 7) is 9.51. The summed E-state index contributed by atoms with van der Waals surface area (Å²) in [5, 5.41) is 10.6. The average Bonchev–Trinajstić information content (AvgIpc) is 1.84. The van der Waals surface area contributed by atoms with Gasteiger partial charge in [-0.05, 0) is 37.5 Å². The number of ether oxygens (including phenoxy) is 4. The molecule has 6 atom stereocenters. The van der Waals surface area contributed by atoms with Gasteiger partial charge < -0.3 is 33.8 Å². The molecule has 17 nitrogen and oxygen atoms in total. The van der Waals surface area contributed by atoms with Crippen LogP contribution >= 0.6 is 15.6 Å². The minimum atomic E-state index is -4.95. The third kappa shape index (κ3) is 67.3. The SMILES string of the molecule is CCCCCCCCCCCCCCCCCCCCCCCC(=O)O[C@H](COC(=O)CCCCCCCCCCCCCCCC(C)C)COP(=O)(O)OC[C@@H](O)COP(=O)(O)OC[C@@H](COC(=O)CCCCCCC)OC(=O)CCCCCCCCCCC(C)CC. The van der Waals surface area contributed by atoms with Crippen LogP contribution in [0.4, 0.5) is 0 Å². The summed E-state index contributed by atoms with van der Waals surface area (Å²) >= 11 is 0. The van der Waals surface area contributed by atoms with Crippen LogP contribution in [-0.4, -0.2) is 96.7 Å². The highest BCUT2D eigenvalue weighted by molar-refractivity contribution is 7.47. The maximum atomic E-state index is 13.1. The molecule has 0 aliphatic carbocycles. The molecule has 0 rings (SSSR count). The highest BCUT2D eigenvalue weighted by Crippen LogP contribution is 2.45. The first-order valence-electron chi connectivity index (χ1n) is 39.0. The maximum Gasteiger partial charge on any atom is 0.472 e. The number of esters is 4. The molecule has 19 heteroatoms. The van der Waals surface area contributed by atoms with E-state index in [1.54, 1.807) is 0 Å². The van der Waals surface area contributed by atoms with Crippen molar-refractivity contribution in [1.82, 2.24) is 0 Å². The highest BCUT2D eigenvalue weighted by atomic mass is 31.2. The van der Waals surface area contributed by atoms with Crippen LogP contribution in [0.2, 0.25) is 0 Å². The van der Waals surface area contributed by atoms with E-state index in [1.807, 2.05) is 0 Å². The van der Waals surface area contributed by atoms with Crippen LogP contribution < -0.4 is 0 Å². The number of hydrogen-bond donors (Lipinski definition) is 3. The zero-order valence-corrected chi connectivity index (χ0v) is 63.1. The van der Waals surface area contributed by atoms with E-state index in [2.05, 4.69) is 41.5 Å². The van der Waals surface area contributed by atoms with Gasteiger partial charge in [0.1, 0.15) is 19.3 Å². The lowest BCUT2D eigenvalue weighted by molar-refractivity contribution is -0.161. The summed E-state index contributed by atoms with van der Waals surface area (Å²) in [7, 11) is -9.90. The monoisotopic (exact) mass is 1380 g/mol. The van der Waals surface area contributed by atoms with E-state index < -0.39 is 97.5 Å². The van der Waals surface area contributed by atoms with Crippen LogP contribution in [0.1, 0.15) is 388 Å². The standard InChI is InChI=1S/C75H146O17P2/c1-7-10-12-14-15-16-17-18-19-20-21-22-23-24-25-28-32-35-41-47-53-59-74(79)92-71(64-86-73(78)58-52-46-40-34-31-29-26-27-30-33-38-44-49-55-67(4)5)66-90-94(83,84)88-62-69(76)61-87-93(81,82)89-65-70(63-85-72(77)57-51-43-13-11-8-2)91-75(80)60-54-48-42-37-36-39-45-50-56-68(6)9-3/h67-71,76H,7-66H2,1-6H3,(H,81,82)(H,83,84)/t68?,69-,70+,71+/m0/s1. The summed E-state index contributed by atoms with van der Waals surface area (Å²) in [4.78, 5) is 72.5. The van der Waals surface area contributed by atoms with E-state index in [0.29, 0.717) is 25.7 Å². The molecule has 0 aromatic rings. The van der Waals surface area contributed by atoms with E-state index in [9.17, 15) is 43.2 Å². The van der Waals surface area contributed by atoms with Gasteiger partial charge >= 0.3 is 39.5 Å². The van der Waals surface area contributed by atoms with Gasteiger partial charge in [-0.3, -0.25) is 37.3 Å². The van der Waals surface area contributed by atoms with E-state index in [-0.39, 0.29) is 25.7 Å². The van der Waals surface area contributed by atoms with Crippen molar-refractivity contribution in [3.8, 4) is 0 Å². The number of carbonyl (C=O) groups excluding carboxylic acids is 4. The van der Waals surface area contributed by atoms with Gasteiger partial charge in [-0.25, -0.2) is 9.13 Å².